The molecule has 84 valence electrons. The molecule has 1 aromatic rings. The summed E-state index contributed by atoms with van der Waals surface area (Å²) < 4.78 is 24.1. The average molecular weight is 228 g/mol. The van der Waals surface area contributed by atoms with Gasteiger partial charge in [0.05, 0.1) is 16.2 Å². The van der Waals surface area contributed by atoms with Gasteiger partial charge < -0.3 is 5.11 Å². The highest BCUT2D eigenvalue weighted by Gasteiger charge is 2.29. The van der Waals surface area contributed by atoms with E-state index in [1.54, 1.807) is 37.3 Å². The average Bonchev–Trinajstić information content (AvgIpc) is 2.19. The molecule has 1 N–H and O–H groups in total. The topological polar surface area (TPSA) is 54.4 Å². The van der Waals surface area contributed by atoms with Crippen LogP contribution >= 0.6 is 0 Å². The fraction of sp³-hybridized carbons (Fsp3) is 0.455. The first-order valence-electron chi connectivity index (χ1n) is 4.97. The predicted octanol–water partition coefficient (Wildman–Crippen LogP) is 1.62. The van der Waals surface area contributed by atoms with Crippen LogP contribution in [0.5, 0.6) is 0 Å². The van der Waals surface area contributed by atoms with Crippen molar-refractivity contribution in [3.8, 4) is 0 Å². The molecule has 1 aromatic carbocycles. The maximum Gasteiger partial charge on any atom is 0.183 e. The molecule has 0 saturated carbocycles. The summed E-state index contributed by atoms with van der Waals surface area (Å²) in [7, 11) is -3.40. The Labute approximate surface area is 90.7 Å². The summed E-state index contributed by atoms with van der Waals surface area (Å²) in [4.78, 5) is 0.276. The van der Waals surface area contributed by atoms with Gasteiger partial charge in [0.15, 0.2) is 9.84 Å². The zero-order chi connectivity index (χ0) is 11.5. The molecule has 0 aromatic heterocycles. The van der Waals surface area contributed by atoms with Gasteiger partial charge in [-0.3, -0.25) is 0 Å². The predicted molar refractivity (Wildman–Crippen MR) is 59.4 cm³/mol. The number of aliphatic hydroxyl groups excluding tert-OH is 1. The quantitative estimate of drug-likeness (QED) is 0.852. The minimum Gasteiger partial charge on any atom is -0.392 e. The Balaban J connectivity index is 3.13. The molecule has 3 nitrogen and oxygen atoms in total. The fourth-order valence-corrected chi connectivity index (χ4v) is 3.45. The Hall–Kier alpha value is -0.870. The molecule has 0 aliphatic carbocycles. The van der Waals surface area contributed by atoms with Crippen LogP contribution in [0.3, 0.4) is 0 Å². The first-order chi connectivity index (χ1) is 7.00. The van der Waals surface area contributed by atoms with Crippen molar-refractivity contribution in [1.82, 2.24) is 0 Å². The van der Waals surface area contributed by atoms with E-state index in [0.29, 0.717) is 6.42 Å². The first kappa shape index (κ1) is 12.2. The van der Waals surface area contributed by atoms with Crippen molar-refractivity contribution >= 4 is 9.84 Å². The number of aliphatic hydroxyl groups is 1. The van der Waals surface area contributed by atoms with Crippen molar-refractivity contribution in [2.45, 2.75) is 36.5 Å². The first-order valence-corrected chi connectivity index (χ1v) is 6.51. The van der Waals surface area contributed by atoms with Gasteiger partial charge in [-0.25, -0.2) is 8.42 Å². The highest BCUT2D eigenvalue weighted by Crippen LogP contribution is 2.20. The SMILES string of the molecule is CC[C@H]([C@H](C)O)S(=O)(=O)c1ccccc1. The summed E-state index contributed by atoms with van der Waals surface area (Å²) >= 11 is 0. The molecule has 4 heteroatoms. The van der Waals surface area contributed by atoms with Crippen LogP contribution in [0.25, 0.3) is 0 Å². The van der Waals surface area contributed by atoms with E-state index >= 15 is 0 Å². The van der Waals surface area contributed by atoms with E-state index in [2.05, 4.69) is 0 Å². The number of benzene rings is 1. The highest BCUT2D eigenvalue weighted by molar-refractivity contribution is 7.92. The maximum absolute atomic E-state index is 12.0. The van der Waals surface area contributed by atoms with Crippen molar-refractivity contribution < 1.29 is 13.5 Å². The van der Waals surface area contributed by atoms with E-state index in [4.69, 9.17) is 0 Å². The lowest BCUT2D eigenvalue weighted by Crippen LogP contribution is -2.31. The highest BCUT2D eigenvalue weighted by atomic mass is 32.2. The monoisotopic (exact) mass is 228 g/mol. The minimum absolute atomic E-state index is 0.276. The number of hydrogen-bond donors (Lipinski definition) is 1. The van der Waals surface area contributed by atoms with E-state index in [1.807, 2.05) is 0 Å². The molecule has 0 spiro atoms. The molecule has 0 unspecified atom stereocenters. The Morgan fingerprint density at radius 2 is 1.80 bits per heavy atom. The Morgan fingerprint density at radius 1 is 1.27 bits per heavy atom. The van der Waals surface area contributed by atoms with Gasteiger partial charge in [-0.1, -0.05) is 25.1 Å². The zero-order valence-electron chi connectivity index (χ0n) is 8.92. The fourth-order valence-electron chi connectivity index (χ4n) is 1.60. The molecule has 0 bridgehead atoms. The number of rotatable bonds is 4. The second kappa shape index (κ2) is 4.77. The largest absolute Gasteiger partial charge is 0.392 e. The van der Waals surface area contributed by atoms with Gasteiger partial charge in [0, 0.05) is 0 Å². The van der Waals surface area contributed by atoms with Crippen LogP contribution in [0.4, 0.5) is 0 Å². The standard InChI is InChI=1S/C11H16O3S/c1-3-11(9(2)12)15(13,14)10-7-5-4-6-8-10/h4-9,11-12H,3H2,1-2H3/t9-,11+/m0/s1. The van der Waals surface area contributed by atoms with Crippen molar-refractivity contribution in [1.29, 1.82) is 0 Å². The third-order valence-corrected chi connectivity index (χ3v) is 4.86. The molecular weight excluding hydrogens is 212 g/mol. The Morgan fingerprint density at radius 3 is 2.20 bits per heavy atom. The summed E-state index contributed by atoms with van der Waals surface area (Å²) in [5.74, 6) is 0. The molecular formula is C11H16O3S. The maximum atomic E-state index is 12.0. The second-order valence-corrected chi connectivity index (χ2v) is 5.71. The molecule has 2 atom stereocenters. The summed E-state index contributed by atoms with van der Waals surface area (Å²) in [6.07, 6.45) is -0.435. The van der Waals surface area contributed by atoms with Gasteiger partial charge in [-0.05, 0) is 25.5 Å². The van der Waals surface area contributed by atoms with Crippen molar-refractivity contribution in [2.24, 2.45) is 0 Å². The van der Waals surface area contributed by atoms with E-state index in [0.717, 1.165) is 0 Å². The summed E-state index contributed by atoms with van der Waals surface area (Å²) in [5.41, 5.74) is 0. The van der Waals surface area contributed by atoms with Gasteiger partial charge >= 0.3 is 0 Å². The van der Waals surface area contributed by atoms with Gasteiger partial charge in [0.25, 0.3) is 0 Å². The van der Waals surface area contributed by atoms with Crippen LogP contribution in [-0.4, -0.2) is 24.9 Å². The second-order valence-electron chi connectivity index (χ2n) is 3.55. The van der Waals surface area contributed by atoms with Gasteiger partial charge in [-0.2, -0.15) is 0 Å². The van der Waals surface area contributed by atoms with Gasteiger partial charge in [-0.15, -0.1) is 0 Å². The number of sulfone groups is 1. The van der Waals surface area contributed by atoms with Gasteiger partial charge in [0.1, 0.15) is 0 Å². The van der Waals surface area contributed by atoms with E-state index in [-0.39, 0.29) is 4.90 Å². The van der Waals surface area contributed by atoms with Crippen LogP contribution in [0, 0.1) is 0 Å². The molecule has 0 aliphatic heterocycles. The van der Waals surface area contributed by atoms with E-state index in [9.17, 15) is 13.5 Å². The van der Waals surface area contributed by atoms with Crippen LogP contribution in [0.1, 0.15) is 20.3 Å². The van der Waals surface area contributed by atoms with Crippen molar-refractivity contribution in [3.63, 3.8) is 0 Å². The van der Waals surface area contributed by atoms with Crippen LogP contribution in [-0.2, 0) is 9.84 Å². The van der Waals surface area contributed by atoms with E-state index < -0.39 is 21.2 Å². The van der Waals surface area contributed by atoms with Crippen LogP contribution in [0.2, 0.25) is 0 Å². The Kier molecular flexibility index (Phi) is 3.88. The van der Waals surface area contributed by atoms with Crippen LogP contribution in [0.15, 0.2) is 35.2 Å². The smallest absolute Gasteiger partial charge is 0.183 e. The Bertz CT molecular complexity index is 395. The zero-order valence-corrected chi connectivity index (χ0v) is 9.74. The summed E-state index contributed by atoms with van der Waals surface area (Å²) in [5, 5.41) is 8.71. The molecule has 0 heterocycles. The molecule has 0 fully saturated rings. The normalized spacial score (nSPS) is 15.9. The van der Waals surface area contributed by atoms with Crippen LogP contribution < -0.4 is 0 Å². The molecule has 0 saturated heterocycles. The minimum atomic E-state index is -3.40. The van der Waals surface area contributed by atoms with Crippen molar-refractivity contribution in [3.05, 3.63) is 30.3 Å². The third kappa shape index (κ3) is 2.58. The van der Waals surface area contributed by atoms with E-state index in [1.165, 1.54) is 6.92 Å². The lowest BCUT2D eigenvalue weighted by molar-refractivity contribution is 0.186. The molecule has 1 rings (SSSR count). The number of hydrogen-bond acceptors (Lipinski definition) is 3. The summed E-state index contributed by atoms with van der Waals surface area (Å²) in [6, 6.07) is 8.24. The van der Waals surface area contributed by atoms with Gasteiger partial charge in [0.2, 0.25) is 0 Å². The summed E-state index contributed by atoms with van der Waals surface area (Å²) in [6.45, 7) is 3.27. The molecule has 0 radical (unpaired) electrons. The molecule has 0 amide bonds. The van der Waals surface area contributed by atoms with Crippen molar-refractivity contribution in [2.75, 3.05) is 0 Å². The molecule has 15 heavy (non-hydrogen) atoms. The third-order valence-electron chi connectivity index (χ3n) is 2.41. The lowest BCUT2D eigenvalue weighted by Gasteiger charge is -2.18. The lowest BCUT2D eigenvalue weighted by atomic mass is 10.2. The molecule has 0 aliphatic rings.